The summed E-state index contributed by atoms with van der Waals surface area (Å²) < 4.78 is 5.77. The van der Waals surface area contributed by atoms with Gasteiger partial charge >= 0.3 is 0 Å². The summed E-state index contributed by atoms with van der Waals surface area (Å²) in [5, 5.41) is 9.24. The van der Waals surface area contributed by atoms with Gasteiger partial charge in [-0.15, -0.1) is 0 Å². The molecule has 0 aliphatic carbocycles. The molecule has 1 N–H and O–H groups in total. The Kier molecular flexibility index (Phi) is 2.91. The predicted octanol–water partition coefficient (Wildman–Crippen LogP) is 1.64. The third-order valence-corrected chi connectivity index (χ3v) is 3.35. The summed E-state index contributed by atoms with van der Waals surface area (Å²) in [7, 11) is 0. The van der Waals surface area contributed by atoms with Crippen LogP contribution in [0, 0.1) is 5.41 Å². The first-order chi connectivity index (χ1) is 7.19. The van der Waals surface area contributed by atoms with E-state index in [4.69, 9.17) is 4.74 Å². The molecular formula is C11H11BrO3. The molecule has 1 heterocycles. The van der Waals surface area contributed by atoms with Crippen molar-refractivity contribution in [3.05, 3.63) is 34.3 Å². The number of rotatable bonds is 3. The van der Waals surface area contributed by atoms with Crippen LogP contribution in [0.2, 0.25) is 0 Å². The Labute approximate surface area is 96.2 Å². The highest BCUT2D eigenvalue weighted by atomic mass is 79.9. The molecule has 0 amide bonds. The largest absolute Gasteiger partial charge is 0.395 e. The fourth-order valence-corrected chi connectivity index (χ4v) is 2.04. The van der Waals surface area contributed by atoms with Crippen LogP contribution in [-0.2, 0) is 4.74 Å². The zero-order valence-corrected chi connectivity index (χ0v) is 9.66. The third-order valence-electron chi connectivity index (χ3n) is 2.66. The maximum absolute atomic E-state index is 12.1. The van der Waals surface area contributed by atoms with E-state index in [-0.39, 0.29) is 12.4 Å². The van der Waals surface area contributed by atoms with Gasteiger partial charge in [0.2, 0.25) is 0 Å². The van der Waals surface area contributed by atoms with Crippen LogP contribution in [0.1, 0.15) is 10.4 Å². The summed E-state index contributed by atoms with van der Waals surface area (Å²) in [6, 6.07) is 7.23. The minimum absolute atomic E-state index is 0.0521. The molecule has 0 saturated carbocycles. The molecule has 1 aliphatic rings. The van der Waals surface area contributed by atoms with Crippen LogP contribution >= 0.6 is 15.9 Å². The average Bonchev–Trinajstić information content (AvgIpc) is 2.17. The highest BCUT2D eigenvalue weighted by molar-refractivity contribution is 9.10. The molecule has 1 fully saturated rings. The SMILES string of the molecule is O=C(c1ccccc1Br)C1(CO)COC1. The zero-order chi connectivity index (χ0) is 10.9. The molecular weight excluding hydrogens is 260 g/mol. The lowest BCUT2D eigenvalue weighted by molar-refractivity contribution is -0.109. The van der Waals surface area contributed by atoms with Crippen LogP contribution in [0.5, 0.6) is 0 Å². The van der Waals surface area contributed by atoms with Gasteiger partial charge in [-0.3, -0.25) is 4.79 Å². The lowest BCUT2D eigenvalue weighted by Crippen LogP contribution is -2.51. The highest BCUT2D eigenvalue weighted by Crippen LogP contribution is 2.33. The van der Waals surface area contributed by atoms with Crippen molar-refractivity contribution in [1.29, 1.82) is 0 Å². The Morgan fingerprint density at radius 3 is 2.60 bits per heavy atom. The number of ketones is 1. The minimum atomic E-state index is -0.718. The molecule has 0 radical (unpaired) electrons. The van der Waals surface area contributed by atoms with E-state index in [0.29, 0.717) is 18.8 Å². The van der Waals surface area contributed by atoms with Gasteiger partial charge in [0, 0.05) is 10.0 Å². The van der Waals surface area contributed by atoms with Gasteiger partial charge in [-0.1, -0.05) is 34.1 Å². The van der Waals surface area contributed by atoms with E-state index in [0.717, 1.165) is 4.47 Å². The van der Waals surface area contributed by atoms with Crippen molar-refractivity contribution in [3.8, 4) is 0 Å². The molecule has 1 aromatic carbocycles. The monoisotopic (exact) mass is 270 g/mol. The van der Waals surface area contributed by atoms with Crippen molar-refractivity contribution in [2.24, 2.45) is 5.41 Å². The molecule has 4 heteroatoms. The van der Waals surface area contributed by atoms with Gasteiger partial charge in [-0.25, -0.2) is 0 Å². The molecule has 0 unspecified atom stereocenters. The first kappa shape index (κ1) is 10.8. The fraction of sp³-hybridized carbons (Fsp3) is 0.364. The Morgan fingerprint density at radius 2 is 2.13 bits per heavy atom. The van der Waals surface area contributed by atoms with Gasteiger partial charge in [0.05, 0.1) is 19.8 Å². The highest BCUT2D eigenvalue weighted by Gasteiger charge is 2.46. The first-order valence-corrected chi connectivity index (χ1v) is 5.47. The topological polar surface area (TPSA) is 46.5 Å². The predicted molar refractivity (Wildman–Crippen MR) is 58.8 cm³/mol. The van der Waals surface area contributed by atoms with E-state index < -0.39 is 5.41 Å². The zero-order valence-electron chi connectivity index (χ0n) is 8.07. The lowest BCUT2D eigenvalue weighted by Gasteiger charge is -2.38. The van der Waals surface area contributed by atoms with Crippen molar-refractivity contribution in [2.75, 3.05) is 19.8 Å². The van der Waals surface area contributed by atoms with Crippen LogP contribution in [0.4, 0.5) is 0 Å². The Balaban J connectivity index is 2.32. The molecule has 0 bridgehead atoms. The van der Waals surface area contributed by atoms with Gasteiger partial charge in [-0.05, 0) is 6.07 Å². The number of aliphatic hydroxyl groups excluding tert-OH is 1. The van der Waals surface area contributed by atoms with E-state index in [2.05, 4.69) is 15.9 Å². The molecule has 1 aliphatic heterocycles. The Bertz CT molecular complexity index is 380. The summed E-state index contributed by atoms with van der Waals surface area (Å²) in [6.45, 7) is 0.459. The number of ether oxygens (including phenoxy) is 1. The van der Waals surface area contributed by atoms with Gasteiger partial charge in [-0.2, -0.15) is 0 Å². The van der Waals surface area contributed by atoms with Crippen LogP contribution in [0.3, 0.4) is 0 Å². The number of carbonyl (C=O) groups excluding carboxylic acids is 1. The second-order valence-corrected chi connectivity index (χ2v) is 4.59. The number of carbonyl (C=O) groups is 1. The number of aliphatic hydroxyl groups is 1. The van der Waals surface area contributed by atoms with E-state index in [1.807, 2.05) is 18.2 Å². The molecule has 0 aromatic heterocycles. The van der Waals surface area contributed by atoms with Crippen molar-refractivity contribution in [1.82, 2.24) is 0 Å². The van der Waals surface area contributed by atoms with E-state index in [1.54, 1.807) is 6.07 Å². The van der Waals surface area contributed by atoms with Crippen LogP contribution < -0.4 is 0 Å². The first-order valence-electron chi connectivity index (χ1n) is 4.67. The maximum Gasteiger partial charge on any atom is 0.177 e. The van der Waals surface area contributed by atoms with Gasteiger partial charge in [0.1, 0.15) is 5.41 Å². The van der Waals surface area contributed by atoms with Gasteiger partial charge < -0.3 is 9.84 Å². The van der Waals surface area contributed by atoms with E-state index in [1.165, 1.54) is 0 Å². The number of hydrogen-bond acceptors (Lipinski definition) is 3. The molecule has 3 nitrogen and oxygen atoms in total. The quantitative estimate of drug-likeness (QED) is 0.850. The summed E-state index contributed by atoms with van der Waals surface area (Å²) in [5.41, 5.74) is -0.112. The number of hydrogen-bond donors (Lipinski definition) is 1. The van der Waals surface area contributed by atoms with Crippen molar-refractivity contribution >= 4 is 21.7 Å². The smallest absolute Gasteiger partial charge is 0.177 e. The van der Waals surface area contributed by atoms with E-state index >= 15 is 0 Å². The van der Waals surface area contributed by atoms with Gasteiger partial charge in [0.25, 0.3) is 0 Å². The summed E-state index contributed by atoms with van der Waals surface area (Å²) >= 11 is 3.33. The molecule has 80 valence electrons. The molecule has 0 spiro atoms. The number of Topliss-reactive ketones (excluding diaryl/α,β-unsaturated/α-hetero) is 1. The average molecular weight is 271 g/mol. The number of halogens is 1. The standard InChI is InChI=1S/C11H11BrO3/c12-9-4-2-1-3-8(9)10(14)11(5-13)6-15-7-11/h1-4,13H,5-7H2. The molecule has 15 heavy (non-hydrogen) atoms. The summed E-state index contributed by atoms with van der Waals surface area (Å²) in [4.78, 5) is 12.1. The Hall–Kier alpha value is -0.710. The van der Waals surface area contributed by atoms with E-state index in [9.17, 15) is 9.90 Å². The maximum atomic E-state index is 12.1. The molecule has 1 saturated heterocycles. The van der Waals surface area contributed by atoms with Crippen molar-refractivity contribution < 1.29 is 14.6 Å². The second kappa shape index (κ2) is 4.04. The second-order valence-electron chi connectivity index (χ2n) is 3.74. The van der Waals surface area contributed by atoms with Crippen LogP contribution in [0.25, 0.3) is 0 Å². The normalized spacial score (nSPS) is 18.3. The molecule has 2 rings (SSSR count). The minimum Gasteiger partial charge on any atom is -0.395 e. The summed E-state index contributed by atoms with van der Waals surface area (Å²) in [5.74, 6) is -0.0521. The van der Waals surface area contributed by atoms with Crippen molar-refractivity contribution in [3.63, 3.8) is 0 Å². The lowest BCUT2D eigenvalue weighted by atomic mass is 9.79. The third kappa shape index (κ3) is 1.73. The fourth-order valence-electron chi connectivity index (χ4n) is 1.57. The van der Waals surface area contributed by atoms with Crippen LogP contribution in [0.15, 0.2) is 28.7 Å². The molecule has 1 aromatic rings. The Morgan fingerprint density at radius 1 is 1.47 bits per heavy atom. The molecule has 0 atom stereocenters. The van der Waals surface area contributed by atoms with Crippen molar-refractivity contribution in [2.45, 2.75) is 0 Å². The van der Waals surface area contributed by atoms with Gasteiger partial charge in [0.15, 0.2) is 5.78 Å². The summed E-state index contributed by atoms with van der Waals surface area (Å²) in [6.07, 6.45) is 0. The van der Waals surface area contributed by atoms with Crippen LogP contribution in [-0.4, -0.2) is 30.7 Å². The number of benzene rings is 1.